The lowest BCUT2D eigenvalue weighted by molar-refractivity contribution is -0.137. The van der Waals surface area contributed by atoms with Gasteiger partial charge in [-0.05, 0) is 29.2 Å². The largest absolute Gasteiger partial charge is 0.481 e. The predicted molar refractivity (Wildman–Crippen MR) is 109 cm³/mol. The fraction of sp³-hybridized carbons (Fsp3) is 0.150. The minimum absolute atomic E-state index is 0.0249. The Morgan fingerprint density at radius 3 is 2.38 bits per heavy atom. The van der Waals surface area contributed by atoms with Gasteiger partial charge in [-0.3, -0.25) is 14.5 Å². The van der Waals surface area contributed by atoms with Crippen LogP contribution < -0.4 is 0 Å². The minimum Gasteiger partial charge on any atom is -0.481 e. The maximum Gasteiger partial charge on any atom is 0.303 e. The Kier molecular flexibility index (Phi) is 5.85. The molecule has 0 bridgehead atoms. The molecule has 1 amide bonds. The van der Waals surface area contributed by atoms with Crippen molar-refractivity contribution in [3.8, 4) is 11.1 Å². The molecule has 3 rings (SSSR count). The summed E-state index contributed by atoms with van der Waals surface area (Å²) in [4.78, 5) is 25.2. The zero-order chi connectivity index (χ0) is 18.5. The van der Waals surface area contributed by atoms with Crippen molar-refractivity contribution in [1.82, 2.24) is 4.90 Å². The molecular weight excluding hydrogens is 366 g/mol. The van der Waals surface area contributed by atoms with Crippen LogP contribution in [0.3, 0.4) is 0 Å². The van der Waals surface area contributed by atoms with Crippen LogP contribution in [0.4, 0.5) is 0 Å². The van der Waals surface area contributed by atoms with Gasteiger partial charge < -0.3 is 5.11 Å². The molecule has 0 radical (unpaired) electrons. The van der Waals surface area contributed by atoms with Gasteiger partial charge in [0.25, 0.3) is 5.91 Å². The Bertz CT molecular complexity index is 860. The molecule has 132 valence electrons. The van der Waals surface area contributed by atoms with E-state index < -0.39 is 5.97 Å². The molecule has 0 saturated carbocycles. The Balaban J connectivity index is 1.71. The van der Waals surface area contributed by atoms with E-state index in [0.717, 1.165) is 16.7 Å². The molecular formula is C20H17NO3S2. The molecule has 0 aliphatic carbocycles. The number of thiocarbonyl (C=S) groups is 1. The molecule has 6 heteroatoms. The standard InChI is InChI=1S/C20H17NO3S2/c22-18(23)7-4-12-21-19(24)17(26-20(21)25)13-14-8-10-16(11-9-14)15-5-2-1-3-6-15/h1-3,5-6,8-11,13H,4,7,12H2,(H,22,23)/b17-13-. The lowest BCUT2D eigenvalue weighted by Crippen LogP contribution is -2.29. The molecule has 1 heterocycles. The summed E-state index contributed by atoms with van der Waals surface area (Å²) in [5, 5.41) is 8.72. The Hall–Kier alpha value is -2.44. The number of carboxylic acid groups (broad SMARTS) is 1. The third-order valence-electron chi connectivity index (χ3n) is 3.96. The van der Waals surface area contributed by atoms with Crippen molar-refractivity contribution in [2.24, 2.45) is 0 Å². The SMILES string of the molecule is O=C(O)CCCN1C(=O)/C(=C/c2ccc(-c3ccccc3)cc2)SC1=S. The third-order valence-corrected chi connectivity index (χ3v) is 5.34. The van der Waals surface area contributed by atoms with E-state index in [1.807, 2.05) is 48.5 Å². The summed E-state index contributed by atoms with van der Waals surface area (Å²) in [7, 11) is 0. The minimum atomic E-state index is -0.871. The zero-order valence-corrected chi connectivity index (χ0v) is 15.6. The van der Waals surface area contributed by atoms with Crippen molar-refractivity contribution in [2.45, 2.75) is 12.8 Å². The maximum absolute atomic E-state index is 12.5. The van der Waals surface area contributed by atoms with Crippen molar-refractivity contribution >= 4 is 46.3 Å². The zero-order valence-electron chi connectivity index (χ0n) is 13.9. The van der Waals surface area contributed by atoms with Crippen LogP contribution >= 0.6 is 24.0 Å². The van der Waals surface area contributed by atoms with Gasteiger partial charge in [0.05, 0.1) is 4.91 Å². The van der Waals surface area contributed by atoms with E-state index in [2.05, 4.69) is 12.1 Å². The van der Waals surface area contributed by atoms with Crippen molar-refractivity contribution in [3.63, 3.8) is 0 Å². The fourth-order valence-corrected chi connectivity index (χ4v) is 3.94. The highest BCUT2D eigenvalue weighted by Crippen LogP contribution is 2.33. The van der Waals surface area contributed by atoms with Crippen LogP contribution in [0.15, 0.2) is 59.5 Å². The van der Waals surface area contributed by atoms with Gasteiger partial charge in [-0.15, -0.1) is 0 Å². The number of carboxylic acids is 1. The van der Waals surface area contributed by atoms with Gasteiger partial charge in [-0.25, -0.2) is 0 Å². The molecule has 1 fully saturated rings. The van der Waals surface area contributed by atoms with E-state index in [1.165, 1.54) is 16.7 Å². The summed E-state index contributed by atoms with van der Waals surface area (Å²) in [6.07, 6.45) is 2.24. The number of rotatable bonds is 6. The summed E-state index contributed by atoms with van der Waals surface area (Å²) >= 11 is 6.51. The van der Waals surface area contributed by atoms with Gasteiger partial charge >= 0.3 is 5.97 Å². The molecule has 1 N–H and O–H groups in total. The summed E-state index contributed by atoms with van der Waals surface area (Å²) in [6, 6.07) is 18.1. The van der Waals surface area contributed by atoms with E-state index >= 15 is 0 Å². The Morgan fingerprint density at radius 2 is 1.73 bits per heavy atom. The van der Waals surface area contributed by atoms with E-state index in [4.69, 9.17) is 17.3 Å². The highest BCUT2D eigenvalue weighted by atomic mass is 32.2. The van der Waals surface area contributed by atoms with Gasteiger partial charge in [0, 0.05) is 13.0 Å². The molecule has 1 aliphatic rings. The molecule has 0 unspecified atom stereocenters. The highest BCUT2D eigenvalue weighted by Gasteiger charge is 2.31. The van der Waals surface area contributed by atoms with Crippen LogP contribution in [-0.4, -0.2) is 32.7 Å². The number of aliphatic carboxylic acids is 1. The first-order valence-electron chi connectivity index (χ1n) is 8.17. The van der Waals surface area contributed by atoms with Crippen LogP contribution in [0, 0.1) is 0 Å². The third kappa shape index (κ3) is 4.39. The molecule has 1 aliphatic heterocycles. The average Bonchev–Trinajstić information content (AvgIpc) is 2.90. The van der Waals surface area contributed by atoms with E-state index in [1.54, 1.807) is 0 Å². The normalized spacial score (nSPS) is 15.7. The highest BCUT2D eigenvalue weighted by molar-refractivity contribution is 8.26. The number of benzene rings is 2. The lowest BCUT2D eigenvalue weighted by Gasteiger charge is -2.13. The molecule has 4 nitrogen and oxygen atoms in total. The van der Waals surface area contributed by atoms with Gasteiger partial charge in [-0.1, -0.05) is 78.6 Å². The molecule has 0 spiro atoms. The Labute approximate surface area is 161 Å². The van der Waals surface area contributed by atoms with Crippen LogP contribution in [0.1, 0.15) is 18.4 Å². The first-order chi connectivity index (χ1) is 12.5. The number of carbonyl (C=O) groups is 2. The quantitative estimate of drug-likeness (QED) is 0.591. The first-order valence-corrected chi connectivity index (χ1v) is 9.40. The van der Waals surface area contributed by atoms with E-state index in [9.17, 15) is 9.59 Å². The molecule has 26 heavy (non-hydrogen) atoms. The molecule has 2 aromatic carbocycles. The van der Waals surface area contributed by atoms with E-state index in [0.29, 0.717) is 22.2 Å². The topological polar surface area (TPSA) is 57.6 Å². The first kappa shape index (κ1) is 18.4. The molecule has 0 atom stereocenters. The van der Waals surface area contributed by atoms with Gasteiger partial charge in [0.2, 0.25) is 0 Å². The second-order valence-corrected chi connectivity index (χ2v) is 7.49. The number of thioether (sulfide) groups is 1. The molecule has 1 saturated heterocycles. The number of hydrogen-bond donors (Lipinski definition) is 1. The number of hydrogen-bond acceptors (Lipinski definition) is 4. The summed E-state index contributed by atoms with van der Waals surface area (Å²) in [5.74, 6) is -1.03. The maximum atomic E-state index is 12.5. The van der Waals surface area contributed by atoms with Crippen LogP contribution in [-0.2, 0) is 9.59 Å². The van der Waals surface area contributed by atoms with Gasteiger partial charge in [-0.2, -0.15) is 0 Å². The van der Waals surface area contributed by atoms with Crippen LogP contribution in [0.2, 0.25) is 0 Å². The van der Waals surface area contributed by atoms with Crippen molar-refractivity contribution in [2.75, 3.05) is 6.54 Å². The number of amides is 1. The van der Waals surface area contributed by atoms with Crippen LogP contribution in [0.25, 0.3) is 17.2 Å². The Morgan fingerprint density at radius 1 is 1.08 bits per heavy atom. The van der Waals surface area contributed by atoms with Gasteiger partial charge in [0.15, 0.2) is 0 Å². The summed E-state index contributed by atoms with van der Waals surface area (Å²) < 4.78 is 0.479. The summed E-state index contributed by atoms with van der Waals surface area (Å²) in [6.45, 7) is 0.335. The van der Waals surface area contributed by atoms with Crippen LogP contribution in [0.5, 0.6) is 0 Å². The van der Waals surface area contributed by atoms with Crippen molar-refractivity contribution in [1.29, 1.82) is 0 Å². The fourth-order valence-electron chi connectivity index (χ4n) is 2.63. The summed E-state index contributed by atoms with van der Waals surface area (Å²) in [5.41, 5.74) is 3.18. The monoisotopic (exact) mass is 383 g/mol. The average molecular weight is 383 g/mol. The number of carbonyl (C=O) groups excluding carboxylic acids is 1. The lowest BCUT2D eigenvalue weighted by atomic mass is 10.0. The van der Waals surface area contributed by atoms with E-state index in [-0.39, 0.29) is 12.3 Å². The molecule has 0 aromatic heterocycles. The molecule has 2 aromatic rings. The predicted octanol–water partition coefficient (Wildman–Crippen LogP) is 4.42. The van der Waals surface area contributed by atoms with Crippen molar-refractivity contribution < 1.29 is 14.7 Å². The van der Waals surface area contributed by atoms with Crippen molar-refractivity contribution in [3.05, 3.63) is 65.1 Å². The van der Waals surface area contributed by atoms with Gasteiger partial charge in [0.1, 0.15) is 4.32 Å². The second kappa shape index (κ2) is 8.29. The number of nitrogens with zero attached hydrogens (tertiary/aromatic N) is 1. The smallest absolute Gasteiger partial charge is 0.303 e. The second-order valence-electron chi connectivity index (χ2n) is 5.82.